The Labute approximate surface area is 188 Å². The summed E-state index contributed by atoms with van der Waals surface area (Å²) in [5.74, 6) is 1.86. The largest absolute Gasteiger partial charge is 0.493 e. The molecule has 0 atom stereocenters. The molecule has 10 nitrogen and oxygen atoms in total. The minimum Gasteiger partial charge on any atom is -0.493 e. The third-order valence-corrected chi connectivity index (χ3v) is 5.26. The first kappa shape index (κ1) is 22.1. The molecule has 0 aliphatic carbocycles. The van der Waals surface area contributed by atoms with Crippen LogP contribution < -0.4 is 25.5 Å². The average Bonchev–Trinajstić information content (AvgIpc) is 3.32. The quantitative estimate of drug-likeness (QED) is 0.401. The summed E-state index contributed by atoms with van der Waals surface area (Å²) < 4.78 is 24.3. The van der Waals surface area contributed by atoms with Gasteiger partial charge < -0.3 is 18.7 Å². The monoisotopic (exact) mass is 452 g/mol. The van der Waals surface area contributed by atoms with Gasteiger partial charge in [0.1, 0.15) is 6.54 Å². The van der Waals surface area contributed by atoms with Crippen LogP contribution >= 0.6 is 0 Å². The van der Waals surface area contributed by atoms with Crippen molar-refractivity contribution in [3.05, 3.63) is 63.1 Å². The van der Waals surface area contributed by atoms with Gasteiger partial charge >= 0.3 is 5.69 Å². The van der Waals surface area contributed by atoms with E-state index in [0.717, 1.165) is 0 Å². The van der Waals surface area contributed by atoms with Crippen LogP contribution in [0.25, 0.3) is 22.3 Å². The molecular formula is C23H24N4O6. The number of rotatable bonds is 8. The molecule has 172 valence electrons. The first-order valence-electron chi connectivity index (χ1n) is 10.4. The minimum absolute atomic E-state index is 0.0146. The van der Waals surface area contributed by atoms with Crippen LogP contribution in [0.4, 0.5) is 0 Å². The lowest BCUT2D eigenvalue weighted by Gasteiger charge is -2.12. The molecule has 0 aliphatic rings. The molecule has 0 aliphatic heterocycles. The van der Waals surface area contributed by atoms with E-state index in [0.29, 0.717) is 52.5 Å². The van der Waals surface area contributed by atoms with Crippen LogP contribution in [0, 0.1) is 0 Å². The van der Waals surface area contributed by atoms with Crippen molar-refractivity contribution >= 4 is 10.9 Å². The van der Waals surface area contributed by atoms with E-state index in [1.54, 1.807) is 36.4 Å². The summed E-state index contributed by atoms with van der Waals surface area (Å²) in [5, 5.41) is 4.51. The summed E-state index contributed by atoms with van der Waals surface area (Å²) in [7, 11) is 4.56. The summed E-state index contributed by atoms with van der Waals surface area (Å²) in [6.07, 6.45) is 0.652. The topological polar surface area (TPSA) is 111 Å². The Morgan fingerprint density at radius 1 is 0.970 bits per heavy atom. The summed E-state index contributed by atoms with van der Waals surface area (Å²) in [5.41, 5.74) is 0.366. The fourth-order valence-corrected chi connectivity index (χ4v) is 3.73. The van der Waals surface area contributed by atoms with Crippen LogP contribution in [0.3, 0.4) is 0 Å². The number of hydrogen-bond donors (Lipinski definition) is 0. The van der Waals surface area contributed by atoms with Gasteiger partial charge in [-0.1, -0.05) is 24.2 Å². The first-order valence-corrected chi connectivity index (χ1v) is 10.4. The molecule has 2 aromatic heterocycles. The molecule has 2 heterocycles. The van der Waals surface area contributed by atoms with Gasteiger partial charge in [-0.25, -0.2) is 4.79 Å². The Morgan fingerprint density at radius 3 is 2.30 bits per heavy atom. The minimum atomic E-state index is -0.423. The molecule has 2 aromatic carbocycles. The van der Waals surface area contributed by atoms with Crippen LogP contribution in [-0.2, 0) is 13.1 Å². The number of methoxy groups -OCH3 is 3. The van der Waals surface area contributed by atoms with Gasteiger partial charge in [0.2, 0.25) is 17.5 Å². The van der Waals surface area contributed by atoms with Crippen molar-refractivity contribution in [1.29, 1.82) is 0 Å². The van der Waals surface area contributed by atoms with Gasteiger partial charge in [0.15, 0.2) is 11.5 Å². The summed E-state index contributed by atoms with van der Waals surface area (Å²) in [4.78, 5) is 30.3. The molecule has 0 radical (unpaired) electrons. The summed E-state index contributed by atoms with van der Waals surface area (Å²) >= 11 is 0. The van der Waals surface area contributed by atoms with Crippen molar-refractivity contribution in [1.82, 2.24) is 19.3 Å². The van der Waals surface area contributed by atoms with E-state index in [2.05, 4.69) is 10.1 Å². The molecule has 0 bridgehead atoms. The van der Waals surface area contributed by atoms with Gasteiger partial charge in [-0.05, 0) is 30.7 Å². The highest BCUT2D eigenvalue weighted by molar-refractivity contribution is 5.77. The maximum Gasteiger partial charge on any atom is 0.331 e. The van der Waals surface area contributed by atoms with E-state index in [9.17, 15) is 9.59 Å². The maximum absolute atomic E-state index is 13.1. The summed E-state index contributed by atoms with van der Waals surface area (Å²) in [6.45, 7) is 2.25. The molecule has 0 unspecified atom stereocenters. The SMILES string of the molecule is CCCn1c(=O)c2ccccc2n(Cc2nc(-c3cc(OC)c(OC)c(OC)c3)no2)c1=O. The zero-order valence-electron chi connectivity index (χ0n) is 18.8. The van der Waals surface area contributed by atoms with E-state index in [4.69, 9.17) is 18.7 Å². The molecule has 0 spiro atoms. The highest BCUT2D eigenvalue weighted by Crippen LogP contribution is 2.40. The summed E-state index contributed by atoms with van der Waals surface area (Å²) in [6, 6.07) is 10.4. The second-order valence-corrected chi connectivity index (χ2v) is 7.27. The number of hydrogen-bond acceptors (Lipinski definition) is 8. The van der Waals surface area contributed by atoms with Crippen molar-refractivity contribution in [2.45, 2.75) is 26.4 Å². The zero-order valence-corrected chi connectivity index (χ0v) is 18.8. The zero-order chi connectivity index (χ0) is 23.5. The molecule has 4 rings (SSSR count). The highest BCUT2D eigenvalue weighted by atomic mass is 16.5. The third kappa shape index (κ3) is 3.95. The molecule has 10 heteroatoms. The third-order valence-electron chi connectivity index (χ3n) is 5.26. The molecule has 0 saturated carbocycles. The molecule has 0 amide bonds. The lowest BCUT2D eigenvalue weighted by molar-refractivity contribution is 0.324. The normalized spacial score (nSPS) is 11.0. The Hall–Kier alpha value is -4.08. The fraction of sp³-hybridized carbons (Fsp3) is 0.304. The first-order chi connectivity index (χ1) is 16.0. The standard InChI is InChI=1S/C23H24N4O6/c1-5-10-26-22(28)15-8-6-7-9-16(15)27(23(26)29)13-19-24-21(25-33-19)14-11-17(30-2)20(32-4)18(12-14)31-3/h6-9,11-12H,5,10,13H2,1-4H3. The van der Waals surface area contributed by atoms with E-state index in [1.807, 2.05) is 6.92 Å². The van der Waals surface area contributed by atoms with Gasteiger partial charge in [-0.3, -0.25) is 13.9 Å². The number of aromatic nitrogens is 4. The number of benzene rings is 2. The van der Waals surface area contributed by atoms with E-state index in [-0.39, 0.29) is 18.0 Å². The van der Waals surface area contributed by atoms with Crippen molar-refractivity contribution < 1.29 is 18.7 Å². The molecule has 4 aromatic rings. The van der Waals surface area contributed by atoms with Crippen LogP contribution in [0.15, 0.2) is 50.5 Å². The number of fused-ring (bicyclic) bond motifs is 1. The Bertz CT molecular complexity index is 1390. The molecule has 0 fully saturated rings. The second kappa shape index (κ2) is 9.19. The smallest absolute Gasteiger partial charge is 0.331 e. The molecule has 0 N–H and O–H groups in total. The van der Waals surface area contributed by atoms with Gasteiger partial charge in [-0.2, -0.15) is 4.98 Å². The van der Waals surface area contributed by atoms with E-state index >= 15 is 0 Å². The predicted molar refractivity (Wildman–Crippen MR) is 121 cm³/mol. The van der Waals surface area contributed by atoms with Crippen molar-refractivity contribution in [2.24, 2.45) is 0 Å². The second-order valence-electron chi connectivity index (χ2n) is 7.27. The van der Waals surface area contributed by atoms with Crippen molar-refractivity contribution in [3.8, 4) is 28.6 Å². The van der Waals surface area contributed by atoms with Crippen LogP contribution in [0.5, 0.6) is 17.2 Å². The van der Waals surface area contributed by atoms with Gasteiger partial charge in [-0.15, -0.1) is 0 Å². The van der Waals surface area contributed by atoms with Crippen molar-refractivity contribution in [3.63, 3.8) is 0 Å². The lowest BCUT2D eigenvalue weighted by atomic mass is 10.1. The van der Waals surface area contributed by atoms with Crippen LogP contribution in [0.1, 0.15) is 19.2 Å². The highest BCUT2D eigenvalue weighted by Gasteiger charge is 2.19. The molecule has 33 heavy (non-hydrogen) atoms. The maximum atomic E-state index is 13.1. The van der Waals surface area contributed by atoms with E-state index in [1.165, 1.54) is 30.5 Å². The average molecular weight is 452 g/mol. The van der Waals surface area contributed by atoms with Crippen LogP contribution in [-0.4, -0.2) is 40.6 Å². The van der Waals surface area contributed by atoms with Gasteiger partial charge in [0.05, 0.1) is 32.2 Å². The van der Waals surface area contributed by atoms with Gasteiger partial charge in [0, 0.05) is 12.1 Å². The molecular weight excluding hydrogens is 428 g/mol. The molecule has 0 saturated heterocycles. The Balaban J connectivity index is 1.78. The number of nitrogens with zero attached hydrogens (tertiary/aromatic N) is 4. The Morgan fingerprint density at radius 2 is 1.67 bits per heavy atom. The van der Waals surface area contributed by atoms with Crippen molar-refractivity contribution in [2.75, 3.05) is 21.3 Å². The van der Waals surface area contributed by atoms with Gasteiger partial charge in [0.25, 0.3) is 5.56 Å². The number of ether oxygens (including phenoxy) is 3. The van der Waals surface area contributed by atoms with E-state index < -0.39 is 5.69 Å². The number of para-hydroxylation sites is 1. The lowest BCUT2D eigenvalue weighted by Crippen LogP contribution is -2.40. The van der Waals surface area contributed by atoms with Crippen LogP contribution in [0.2, 0.25) is 0 Å². The predicted octanol–water partition coefficient (Wildman–Crippen LogP) is 2.70. The fourth-order valence-electron chi connectivity index (χ4n) is 3.73. The Kier molecular flexibility index (Phi) is 6.16.